The van der Waals surface area contributed by atoms with E-state index in [0.29, 0.717) is 26.3 Å². The van der Waals surface area contributed by atoms with Crippen molar-refractivity contribution >= 4 is 11.9 Å². The van der Waals surface area contributed by atoms with Gasteiger partial charge in [-0.3, -0.25) is 9.69 Å². The Morgan fingerprint density at radius 2 is 2.06 bits per heavy atom. The molecule has 0 aliphatic carbocycles. The van der Waals surface area contributed by atoms with Gasteiger partial charge in [-0.25, -0.2) is 4.79 Å². The van der Waals surface area contributed by atoms with E-state index in [1.165, 1.54) is 14.0 Å². The van der Waals surface area contributed by atoms with Crippen LogP contribution in [0.1, 0.15) is 6.92 Å². The number of nitrogens with zero attached hydrogens (tertiary/aromatic N) is 1. The van der Waals surface area contributed by atoms with Crippen molar-refractivity contribution in [3.8, 4) is 0 Å². The minimum absolute atomic E-state index is 0.184. The van der Waals surface area contributed by atoms with Gasteiger partial charge in [0, 0.05) is 13.1 Å². The lowest BCUT2D eigenvalue weighted by Gasteiger charge is -2.27. The highest BCUT2D eigenvalue weighted by Gasteiger charge is 2.27. The zero-order valence-electron chi connectivity index (χ0n) is 10.7. The lowest BCUT2D eigenvalue weighted by Crippen LogP contribution is -2.52. The van der Waals surface area contributed by atoms with Crippen molar-refractivity contribution in [3.63, 3.8) is 0 Å². The standard InChI is InChI=1S/C11H20N2O5/c1-8(14)10(11(16)17-2)12-9(15)7-13-3-5-18-6-4-13/h8,10,14H,3-7H2,1-2H3,(H,12,15)/t8-,10+/m1/s1. The fourth-order valence-corrected chi connectivity index (χ4v) is 1.68. The molecule has 1 heterocycles. The van der Waals surface area contributed by atoms with Gasteiger partial charge in [-0.2, -0.15) is 0 Å². The second-order valence-electron chi connectivity index (χ2n) is 4.20. The molecule has 0 unspecified atom stereocenters. The molecule has 0 aromatic rings. The van der Waals surface area contributed by atoms with Crippen LogP contribution in [-0.4, -0.2) is 74.0 Å². The molecule has 1 amide bonds. The zero-order valence-corrected chi connectivity index (χ0v) is 10.7. The summed E-state index contributed by atoms with van der Waals surface area (Å²) in [5.41, 5.74) is 0. The Hall–Kier alpha value is -1.18. The van der Waals surface area contributed by atoms with E-state index in [4.69, 9.17) is 4.74 Å². The van der Waals surface area contributed by atoms with Crippen LogP contribution in [0.3, 0.4) is 0 Å². The SMILES string of the molecule is COC(=O)[C@@H](NC(=O)CN1CCOCC1)[C@@H](C)O. The lowest BCUT2D eigenvalue weighted by molar-refractivity contribution is -0.148. The molecular weight excluding hydrogens is 240 g/mol. The monoisotopic (exact) mass is 260 g/mol. The molecule has 0 spiro atoms. The van der Waals surface area contributed by atoms with Gasteiger partial charge < -0.3 is 19.9 Å². The normalized spacial score (nSPS) is 19.9. The number of morpholine rings is 1. The molecule has 7 nitrogen and oxygen atoms in total. The van der Waals surface area contributed by atoms with E-state index in [0.717, 1.165) is 0 Å². The Morgan fingerprint density at radius 3 is 2.56 bits per heavy atom. The van der Waals surface area contributed by atoms with Gasteiger partial charge in [0.25, 0.3) is 0 Å². The highest BCUT2D eigenvalue weighted by atomic mass is 16.5. The molecular formula is C11H20N2O5. The third-order valence-electron chi connectivity index (χ3n) is 2.72. The summed E-state index contributed by atoms with van der Waals surface area (Å²) in [5, 5.41) is 11.9. The Balaban J connectivity index is 2.42. The smallest absolute Gasteiger partial charge is 0.331 e. The molecule has 1 saturated heterocycles. The Bertz CT molecular complexity index is 289. The van der Waals surface area contributed by atoms with E-state index < -0.39 is 18.1 Å². The fraction of sp³-hybridized carbons (Fsp3) is 0.818. The molecule has 1 aliphatic rings. The van der Waals surface area contributed by atoms with Crippen LogP contribution in [0.25, 0.3) is 0 Å². The first-order valence-electron chi connectivity index (χ1n) is 5.90. The van der Waals surface area contributed by atoms with E-state index in [2.05, 4.69) is 10.1 Å². The fourth-order valence-electron chi connectivity index (χ4n) is 1.68. The summed E-state index contributed by atoms with van der Waals surface area (Å²) in [6.07, 6.45) is -0.994. The zero-order chi connectivity index (χ0) is 13.5. The number of carbonyl (C=O) groups is 2. The Kier molecular flexibility index (Phi) is 6.03. The molecule has 0 aromatic heterocycles. The number of amides is 1. The Morgan fingerprint density at radius 1 is 1.44 bits per heavy atom. The summed E-state index contributed by atoms with van der Waals surface area (Å²) in [7, 11) is 1.21. The van der Waals surface area contributed by atoms with E-state index in [9.17, 15) is 14.7 Å². The average molecular weight is 260 g/mol. The predicted octanol–water partition coefficient (Wildman–Crippen LogP) is -1.64. The number of aliphatic hydroxyl groups is 1. The molecule has 0 aromatic carbocycles. The summed E-state index contributed by atoms with van der Waals surface area (Å²) in [6.45, 7) is 4.18. The van der Waals surface area contributed by atoms with Gasteiger partial charge in [0.15, 0.2) is 6.04 Å². The van der Waals surface area contributed by atoms with Gasteiger partial charge in [-0.1, -0.05) is 0 Å². The van der Waals surface area contributed by atoms with Crippen LogP contribution >= 0.6 is 0 Å². The van der Waals surface area contributed by atoms with Gasteiger partial charge in [0.05, 0.1) is 33.0 Å². The number of nitrogens with one attached hydrogen (secondary N) is 1. The summed E-state index contributed by atoms with van der Waals surface area (Å²) >= 11 is 0. The minimum Gasteiger partial charge on any atom is -0.467 e. The topological polar surface area (TPSA) is 88.1 Å². The largest absolute Gasteiger partial charge is 0.467 e. The molecule has 2 atom stereocenters. The van der Waals surface area contributed by atoms with Crippen LogP contribution in [-0.2, 0) is 19.1 Å². The molecule has 2 N–H and O–H groups in total. The van der Waals surface area contributed by atoms with Crippen molar-refractivity contribution in [2.24, 2.45) is 0 Å². The van der Waals surface area contributed by atoms with Crippen LogP contribution in [0, 0.1) is 0 Å². The molecule has 104 valence electrons. The van der Waals surface area contributed by atoms with Gasteiger partial charge in [0.2, 0.25) is 5.91 Å². The molecule has 1 rings (SSSR count). The number of ether oxygens (including phenoxy) is 2. The van der Waals surface area contributed by atoms with E-state index in [-0.39, 0.29) is 12.5 Å². The van der Waals surface area contributed by atoms with Gasteiger partial charge >= 0.3 is 5.97 Å². The number of aliphatic hydroxyl groups excluding tert-OH is 1. The second-order valence-corrected chi connectivity index (χ2v) is 4.20. The maximum absolute atomic E-state index is 11.7. The van der Waals surface area contributed by atoms with Crippen LogP contribution in [0.5, 0.6) is 0 Å². The number of esters is 1. The molecule has 0 bridgehead atoms. The first kappa shape index (κ1) is 14.9. The van der Waals surface area contributed by atoms with Crippen molar-refractivity contribution in [2.75, 3.05) is 40.0 Å². The van der Waals surface area contributed by atoms with Crippen LogP contribution in [0.4, 0.5) is 0 Å². The van der Waals surface area contributed by atoms with Crippen molar-refractivity contribution in [3.05, 3.63) is 0 Å². The summed E-state index contributed by atoms with van der Waals surface area (Å²) in [6, 6.07) is -1.02. The second kappa shape index (κ2) is 7.30. The van der Waals surface area contributed by atoms with Crippen molar-refractivity contribution in [1.29, 1.82) is 0 Å². The van der Waals surface area contributed by atoms with E-state index >= 15 is 0 Å². The number of carbonyl (C=O) groups excluding carboxylic acids is 2. The van der Waals surface area contributed by atoms with Crippen molar-refractivity contribution < 1.29 is 24.2 Å². The van der Waals surface area contributed by atoms with Crippen molar-refractivity contribution in [2.45, 2.75) is 19.1 Å². The van der Waals surface area contributed by atoms with Crippen LogP contribution in [0.2, 0.25) is 0 Å². The summed E-state index contributed by atoms with van der Waals surface area (Å²) < 4.78 is 9.69. The third kappa shape index (κ3) is 4.59. The first-order chi connectivity index (χ1) is 8.54. The maximum atomic E-state index is 11.7. The molecule has 7 heteroatoms. The van der Waals surface area contributed by atoms with Crippen LogP contribution < -0.4 is 5.32 Å². The average Bonchev–Trinajstić information content (AvgIpc) is 2.36. The highest BCUT2D eigenvalue weighted by molar-refractivity contribution is 5.85. The van der Waals surface area contributed by atoms with E-state index in [1.54, 1.807) is 0 Å². The minimum atomic E-state index is -1.02. The van der Waals surface area contributed by atoms with E-state index in [1.807, 2.05) is 4.90 Å². The number of rotatable bonds is 5. The molecule has 0 radical (unpaired) electrons. The number of methoxy groups -OCH3 is 1. The lowest BCUT2D eigenvalue weighted by atomic mass is 10.2. The third-order valence-corrected chi connectivity index (χ3v) is 2.72. The highest BCUT2D eigenvalue weighted by Crippen LogP contribution is 1.99. The number of hydrogen-bond donors (Lipinski definition) is 2. The number of hydrogen-bond acceptors (Lipinski definition) is 6. The molecule has 1 fully saturated rings. The van der Waals surface area contributed by atoms with Gasteiger partial charge in [0.1, 0.15) is 0 Å². The van der Waals surface area contributed by atoms with Gasteiger partial charge in [-0.05, 0) is 6.92 Å². The van der Waals surface area contributed by atoms with Gasteiger partial charge in [-0.15, -0.1) is 0 Å². The van der Waals surface area contributed by atoms with Crippen LogP contribution in [0.15, 0.2) is 0 Å². The molecule has 18 heavy (non-hydrogen) atoms. The Labute approximate surface area is 106 Å². The first-order valence-corrected chi connectivity index (χ1v) is 5.90. The maximum Gasteiger partial charge on any atom is 0.331 e. The summed E-state index contributed by atoms with van der Waals surface area (Å²) in [5.74, 6) is -0.964. The van der Waals surface area contributed by atoms with Crippen molar-refractivity contribution in [1.82, 2.24) is 10.2 Å². The summed E-state index contributed by atoms with van der Waals surface area (Å²) in [4.78, 5) is 25.0. The molecule has 0 saturated carbocycles. The predicted molar refractivity (Wildman–Crippen MR) is 62.9 cm³/mol. The molecule has 1 aliphatic heterocycles. The quantitative estimate of drug-likeness (QED) is 0.576.